The Kier molecular flexibility index (Phi) is 4.96. The first-order chi connectivity index (χ1) is 11.6. The summed E-state index contributed by atoms with van der Waals surface area (Å²) < 4.78 is 0. The van der Waals surface area contributed by atoms with E-state index in [9.17, 15) is 4.79 Å². The van der Waals surface area contributed by atoms with E-state index in [1.807, 2.05) is 43.5 Å². The van der Waals surface area contributed by atoms with Gasteiger partial charge in [0.25, 0.3) is 0 Å². The molecule has 0 spiro atoms. The van der Waals surface area contributed by atoms with Crippen LogP contribution in [0.15, 0.2) is 48.1 Å². The zero-order chi connectivity index (χ0) is 16.9. The minimum atomic E-state index is -0.0448. The van der Waals surface area contributed by atoms with Gasteiger partial charge in [-0.15, -0.1) is 11.3 Å². The molecule has 0 saturated heterocycles. The van der Waals surface area contributed by atoms with Crippen molar-refractivity contribution in [3.05, 3.63) is 64.9 Å². The summed E-state index contributed by atoms with van der Waals surface area (Å²) in [6.07, 6.45) is 3.61. The summed E-state index contributed by atoms with van der Waals surface area (Å²) >= 11 is 1.45. The Morgan fingerprint density at radius 1 is 1.21 bits per heavy atom. The summed E-state index contributed by atoms with van der Waals surface area (Å²) in [4.78, 5) is 25.1. The summed E-state index contributed by atoms with van der Waals surface area (Å²) in [6, 6.07) is 9.79. The van der Waals surface area contributed by atoms with Gasteiger partial charge in [-0.25, -0.2) is 15.0 Å². The number of aromatic nitrogens is 3. The molecule has 0 aliphatic heterocycles. The molecule has 5 nitrogen and oxygen atoms in total. The van der Waals surface area contributed by atoms with Gasteiger partial charge in [-0.05, 0) is 31.0 Å². The van der Waals surface area contributed by atoms with Gasteiger partial charge in [0.05, 0.1) is 18.2 Å². The van der Waals surface area contributed by atoms with E-state index < -0.39 is 0 Å². The van der Waals surface area contributed by atoms with E-state index in [0.717, 1.165) is 16.3 Å². The summed E-state index contributed by atoms with van der Waals surface area (Å²) in [5.74, 6) is 0.541. The standard InChI is InChI=1S/C18H18N4OS/c1-12-6-3-4-7-15(12)13(2)21-16(23)10-14-11-24-18(22-14)17-19-8-5-9-20-17/h3-9,11,13H,10H2,1-2H3,(H,21,23)/t13-/m1/s1. The molecule has 1 aromatic carbocycles. The molecule has 1 atom stereocenters. The third-order valence-corrected chi connectivity index (χ3v) is 4.57. The average molecular weight is 338 g/mol. The first kappa shape index (κ1) is 16.3. The summed E-state index contributed by atoms with van der Waals surface area (Å²) in [7, 11) is 0. The number of carbonyl (C=O) groups excluding carboxylic acids is 1. The Bertz CT molecular complexity index is 832. The molecule has 0 radical (unpaired) electrons. The lowest BCUT2D eigenvalue weighted by molar-refractivity contribution is -0.121. The van der Waals surface area contributed by atoms with E-state index in [4.69, 9.17) is 0 Å². The third-order valence-electron chi connectivity index (χ3n) is 3.68. The lowest BCUT2D eigenvalue weighted by Gasteiger charge is -2.16. The smallest absolute Gasteiger partial charge is 0.226 e. The topological polar surface area (TPSA) is 67.8 Å². The Morgan fingerprint density at radius 3 is 2.71 bits per heavy atom. The van der Waals surface area contributed by atoms with E-state index >= 15 is 0 Å². The van der Waals surface area contributed by atoms with Gasteiger partial charge in [0.15, 0.2) is 10.8 Å². The Labute approximate surface area is 144 Å². The molecule has 0 bridgehead atoms. The van der Waals surface area contributed by atoms with E-state index in [2.05, 4.69) is 20.3 Å². The number of aryl methyl sites for hydroxylation is 1. The van der Waals surface area contributed by atoms with Crippen molar-refractivity contribution >= 4 is 17.2 Å². The molecule has 2 heterocycles. The highest BCUT2D eigenvalue weighted by molar-refractivity contribution is 7.13. The maximum Gasteiger partial charge on any atom is 0.226 e. The molecule has 24 heavy (non-hydrogen) atoms. The van der Waals surface area contributed by atoms with Crippen LogP contribution in [0.5, 0.6) is 0 Å². The zero-order valence-corrected chi connectivity index (χ0v) is 14.4. The molecule has 0 unspecified atom stereocenters. The monoisotopic (exact) mass is 338 g/mol. The minimum absolute atomic E-state index is 0.0331. The van der Waals surface area contributed by atoms with Crippen molar-refractivity contribution in [2.45, 2.75) is 26.3 Å². The third kappa shape index (κ3) is 3.83. The fraction of sp³-hybridized carbons (Fsp3) is 0.222. The predicted octanol–water partition coefficient (Wildman–Crippen LogP) is 3.33. The van der Waals surface area contributed by atoms with Crippen molar-refractivity contribution in [2.75, 3.05) is 0 Å². The van der Waals surface area contributed by atoms with Crippen LogP contribution in [0.1, 0.15) is 29.8 Å². The molecule has 0 aliphatic rings. The molecule has 2 aromatic heterocycles. The molecular formula is C18H18N4OS. The number of amides is 1. The summed E-state index contributed by atoms with van der Waals surface area (Å²) in [5, 5.41) is 5.63. The van der Waals surface area contributed by atoms with Gasteiger partial charge in [-0.1, -0.05) is 24.3 Å². The van der Waals surface area contributed by atoms with Crippen molar-refractivity contribution < 1.29 is 4.79 Å². The normalized spacial score (nSPS) is 11.9. The minimum Gasteiger partial charge on any atom is -0.349 e. The van der Waals surface area contributed by atoms with Gasteiger partial charge < -0.3 is 5.32 Å². The van der Waals surface area contributed by atoms with Crippen LogP contribution in [0.4, 0.5) is 0 Å². The second-order valence-corrected chi connectivity index (χ2v) is 6.40. The van der Waals surface area contributed by atoms with Crippen LogP contribution in [0, 0.1) is 6.92 Å². The van der Waals surface area contributed by atoms with Crippen LogP contribution in [-0.4, -0.2) is 20.9 Å². The molecule has 1 N–H and O–H groups in total. The molecule has 3 rings (SSSR count). The molecule has 0 fully saturated rings. The Hall–Kier alpha value is -2.60. The van der Waals surface area contributed by atoms with Crippen LogP contribution < -0.4 is 5.32 Å². The average Bonchev–Trinajstić information content (AvgIpc) is 3.04. The molecule has 1 amide bonds. The number of nitrogens with zero attached hydrogens (tertiary/aromatic N) is 3. The van der Waals surface area contributed by atoms with Crippen molar-refractivity contribution in [3.63, 3.8) is 0 Å². The zero-order valence-electron chi connectivity index (χ0n) is 13.6. The van der Waals surface area contributed by atoms with E-state index in [0.29, 0.717) is 5.82 Å². The van der Waals surface area contributed by atoms with Crippen LogP contribution >= 0.6 is 11.3 Å². The number of thiazole rings is 1. The maximum atomic E-state index is 12.3. The fourth-order valence-corrected chi connectivity index (χ4v) is 3.27. The number of rotatable bonds is 5. The second kappa shape index (κ2) is 7.31. The van der Waals surface area contributed by atoms with Crippen LogP contribution in [0.3, 0.4) is 0 Å². The first-order valence-electron chi connectivity index (χ1n) is 7.70. The van der Waals surface area contributed by atoms with Crippen molar-refractivity contribution in [3.8, 4) is 10.8 Å². The lowest BCUT2D eigenvalue weighted by atomic mass is 10.0. The molecule has 3 aromatic rings. The Balaban J connectivity index is 1.63. The fourth-order valence-electron chi connectivity index (χ4n) is 2.51. The highest BCUT2D eigenvalue weighted by Gasteiger charge is 2.14. The van der Waals surface area contributed by atoms with Gasteiger partial charge >= 0.3 is 0 Å². The molecule has 0 saturated carbocycles. The van der Waals surface area contributed by atoms with Gasteiger partial charge in [0, 0.05) is 17.8 Å². The van der Waals surface area contributed by atoms with Crippen molar-refractivity contribution in [2.24, 2.45) is 0 Å². The number of nitrogens with one attached hydrogen (secondary N) is 1. The molecule has 122 valence electrons. The van der Waals surface area contributed by atoms with E-state index in [1.165, 1.54) is 16.9 Å². The van der Waals surface area contributed by atoms with Crippen LogP contribution in [0.2, 0.25) is 0 Å². The van der Waals surface area contributed by atoms with E-state index in [1.54, 1.807) is 18.5 Å². The SMILES string of the molecule is Cc1ccccc1[C@@H](C)NC(=O)Cc1csc(-c2ncccn2)n1. The number of hydrogen-bond donors (Lipinski definition) is 1. The summed E-state index contributed by atoms with van der Waals surface area (Å²) in [6.45, 7) is 4.04. The van der Waals surface area contributed by atoms with E-state index in [-0.39, 0.29) is 18.4 Å². The Morgan fingerprint density at radius 2 is 1.96 bits per heavy atom. The highest BCUT2D eigenvalue weighted by atomic mass is 32.1. The van der Waals surface area contributed by atoms with Gasteiger partial charge in [-0.3, -0.25) is 4.79 Å². The van der Waals surface area contributed by atoms with Crippen molar-refractivity contribution in [1.82, 2.24) is 20.3 Å². The maximum absolute atomic E-state index is 12.3. The number of benzene rings is 1. The van der Waals surface area contributed by atoms with Gasteiger partial charge in [-0.2, -0.15) is 0 Å². The second-order valence-electron chi connectivity index (χ2n) is 5.54. The van der Waals surface area contributed by atoms with Gasteiger partial charge in [0.1, 0.15) is 0 Å². The molecular weight excluding hydrogens is 320 g/mol. The largest absolute Gasteiger partial charge is 0.349 e. The summed E-state index contributed by atoms with van der Waals surface area (Å²) in [5.41, 5.74) is 3.03. The highest BCUT2D eigenvalue weighted by Crippen LogP contribution is 2.20. The molecule has 6 heteroatoms. The molecule has 0 aliphatic carbocycles. The van der Waals surface area contributed by atoms with Gasteiger partial charge in [0.2, 0.25) is 5.91 Å². The predicted molar refractivity (Wildman–Crippen MR) is 94.6 cm³/mol. The van der Waals surface area contributed by atoms with Crippen molar-refractivity contribution in [1.29, 1.82) is 0 Å². The number of hydrogen-bond acceptors (Lipinski definition) is 5. The van der Waals surface area contributed by atoms with Crippen LogP contribution in [-0.2, 0) is 11.2 Å². The van der Waals surface area contributed by atoms with Crippen LogP contribution in [0.25, 0.3) is 10.8 Å². The first-order valence-corrected chi connectivity index (χ1v) is 8.58. The quantitative estimate of drug-likeness (QED) is 0.775. The number of carbonyl (C=O) groups is 1. The lowest BCUT2D eigenvalue weighted by Crippen LogP contribution is -2.28.